The summed E-state index contributed by atoms with van der Waals surface area (Å²) in [5, 5.41) is 5.68. The van der Waals surface area contributed by atoms with Crippen molar-refractivity contribution in [3.63, 3.8) is 0 Å². The summed E-state index contributed by atoms with van der Waals surface area (Å²) in [4.78, 5) is 25.7. The molecule has 1 heterocycles. The van der Waals surface area contributed by atoms with Gasteiger partial charge in [0.25, 0.3) is 0 Å². The van der Waals surface area contributed by atoms with Crippen LogP contribution in [0.1, 0.15) is 31.4 Å². The maximum Gasteiger partial charge on any atom is 0.327 e. The van der Waals surface area contributed by atoms with E-state index >= 15 is 0 Å². The number of hydrogen-bond donors (Lipinski definition) is 1. The van der Waals surface area contributed by atoms with Crippen molar-refractivity contribution in [3.05, 3.63) is 48.0 Å². The van der Waals surface area contributed by atoms with Crippen molar-refractivity contribution < 1.29 is 14.3 Å². The number of likely N-dealkylation sites (tertiary alicyclic amines) is 1. The summed E-state index contributed by atoms with van der Waals surface area (Å²) in [5.74, 6) is -0.179. The normalized spacial score (nSPS) is 16.6. The second-order valence-corrected chi connectivity index (χ2v) is 6.51. The molecule has 25 heavy (non-hydrogen) atoms. The summed E-state index contributed by atoms with van der Waals surface area (Å²) in [6.07, 6.45) is 1.67. The average molecular weight is 340 g/mol. The van der Waals surface area contributed by atoms with Crippen LogP contribution >= 0.6 is 0 Å². The number of nitrogens with one attached hydrogen (secondary N) is 1. The van der Waals surface area contributed by atoms with Crippen LogP contribution in [0.4, 0.5) is 0 Å². The first-order chi connectivity index (χ1) is 12.1. The van der Waals surface area contributed by atoms with Gasteiger partial charge in [-0.2, -0.15) is 0 Å². The Kier molecular flexibility index (Phi) is 5.34. The molecule has 132 valence electrons. The number of ether oxygens (including phenoxy) is 1. The van der Waals surface area contributed by atoms with Crippen molar-refractivity contribution in [2.75, 3.05) is 20.2 Å². The SMILES string of the molecule is COC(=O)[C@@H](NC1CCN(C(C)=O)CC1)c1ccc2ccccc2c1. The van der Waals surface area contributed by atoms with Gasteiger partial charge in [-0.3, -0.25) is 10.1 Å². The molecule has 1 N–H and O–H groups in total. The van der Waals surface area contributed by atoms with Crippen molar-refractivity contribution in [2.45, 2.75) is 31.8 Å². The van der Waals surface area contributed by atoms with Gasteiger partial charge in [0.2, 0.25) is 5.91 Å². The molecule has 5 nitrogen and oxygen atoms in total. The van der Waals surface area contributed by atoms with E-state index in [1.807, 2.05) is 41.3 Å². The molecule has 1 fully saturated rings. The minimum absolute atomic E-state index is 0.109. The third-order valence-corrected chi connectivity index (χ3v) is 4.89. The molecule has 0 aromatic heterocycles. The highest BCUT2D eigenvalue weighted by atomic mass is 16.5. The first-order valence-electron chi connectivity index (χ1n) is 8.66. The van der Waals surface area contributed by atoms with E-state index in [4.69, 9.17) is 4.74 Å². The van der Waals surface area contributed by atoms with Crippen LogP contribution in [0, 0.1) is 0 Å². The average Bonchev–Trinajstić information content (AvgIpc) is 2.65. The van der Waals surface area contributed by atoms with Gasteiger partial charge in [0.1, 0.15) is 6.04 Å². The Bertz CT molecular complexity index is 766. The smallest absolute Gasteiger partial charge is 0.327 e. The lowest BCUT2D eigenvalue weighted by Gasteiger charge is -2.33. The molecule has 3 rings (SSSR count). The van der Waals surface area contributed by atoms with Crippen molar-refractivity contribution in [1.82, 2.24) is 10.2 Å². The maximum absolute atomic E-state index is 12.3. The Morgan fingerprint density at radius 3 is 2.44 bits per heavy atom. The Morgan fingerprint density at radius 1 is 1.12 bits per heavy atom. The predicted octanol–water partition coefficient (Wildman–Crippen LogP) is 2.65. The first kappa shape index (κ1) is 17.4. The third-order valence-electron chi connectivity index (χ3n) is 4.89. The van der Waals surface area contributed by atoms with Gasteiger partial charge in [-0.15, -0.1) is 0 Å². The molecule has 0 unspecified atom stereocenters. The van der Waals surface area contributed by atoms with E-state index < -0.39 is 6.04 Å². The van der Waals surface area contributed by atoms with Gasteiger partial charge in [0.05, 0.1) is 7.11 Å². The van der Waals surface area contributed by atoms with E-state index in [1.54, 1.807) is 6.92 Å². The number of hydrogen-bond acceptors (Lipinski definition) is 4. The summed E-state index contributed by atoms with van der Waals surface area (Å²) in [5.41, 5.74) is 0.902. The van der Waals surface area contributed by atoms with Crippen LogP contribution in [0.3, 0.4) is 0 Å². The fourth-order valence-corrected chi connectivity index (χ4v) is 3.40. The topological polar surface area (TPSA) is 58.6 Å². The molecule has 0 bridgehead atoms. The van der Waals surface area contributed by atoms with Crippen LogP contribution in [0.5, 0.6) is 0 Å². The second kappa shape index (κ2) is 7.66. The molecular weight excluding hydrogens is 316 g/mol. The number of rotatable bonds is 4. The number of esters is 1. The lowest BCUT2D eigenvalue weighted by Crippen LogP contribution is -2.46. The van der Waals surface area contributed by atoms with Gasteiger partial charge in [-0.1, -0.05) is 36.4 Å². The number of fused-ring (bicyclic) bond motifs is 1. The number of methoxy groups -OCH3 is 1. The fraction of sp³-hybridized carbons (Fsp3) is 0.400. The van der Waals surface area contributed by atoms with E-state index in [9.17, 15) is 9.59 Å². The van der Waals surface area contributed by atoms with Gasteiger partial charge >= 0.3 is 5.97 Å². The minimum Gasteiger partial charge on any atom is -0.468 e. The van der Waals surface area contributed by atoms with Gasteiger partial charge in [-0.25, -0.2) is 4.79 Å². The number of carbonyl (C=O) groups excluding carboxylic acids is 2. The van der Waals surface area contributed by atoms with E-state index in [-0.39, 0.29) is 17.9 Å². The van der Waals surface area contributed by atoms with E-state index in [0.29, 0.717) is 0 Å². The standard InChI is InChI=1S/C20H24N2O3/c1-14(23)22-11-9-18(10-12-22)21-19(20(24)25-2)17-8-7-15-5-3-4-6-16(15)13-17/h3-8,13,18-19,21H,9-12H2,1-2H3/t19-/m0/s1. The lowest BCUT2D eigenvalue weighted by molar-refractivity contribution is -0.144. The summed E-state index contributed by atoms with van der Waals surface area (Å²) >= 11 is 0. The van der Waals surface area contributed by atoms with E-state index in [0.717, 1.165) is 42.3 Å². The molecule has 1 amide bonds. The molecule has 1 aliphatic rings. The van der Waals surface area contributed by atoms with Gasteiger partial charge < -0.3 is 9.64 Å². The van der Waals surface area contributed by atoms with Gasteiger partial charge in [-0.05, 0) is 35.2 Å². The molecule has 1 saturated heterocycles. The quantitative estimate of drug-likeness (QED) is 0.870. The predicted molar refractivity (Wildman–Crippen MR) is 97.1 cm³/mol. The van der Waals surface area contributed by atoms with Crippen LogP contribution in [0.15, 0.2) is 42.5 Å². The Morgan fingerprint density at radius 2 is 1.80 bits per heavy atom. The molecule has 1 atom stereocenters. The zero-order valence-corrected chi connectivity index (χ0v) is 14.7. The zero-order chi connectivity index (χ0) is 17.8. The molecule has 0 spiro atoms. The van der Waals surface area contributed by atoms with Gasteiger partial charge in [0, 0.05) is 26.1 Å². The van der Waals surface area contributed by atoms with Crippen LogP contribution in [-0.4, -0.2) is 43.0 Å². The Hall–Kier alpha value is -2.40. The van der Waals surface area contributed by atoms with E-state index in [2.05, 4.69) is 11.4 Å². The molecule has 2 aromatic carbocycles. The lowest BCUT2D eigenvalue weighted by atomic mass is 9.98. The monoisotopic (exact) mass is 340 g/mol. The molecule has 1 aliphatic heterocycles. The number of amides is 1. The van der Waals surface area contributed by atoms with Gasteiger partial charge in [0.15, 0.2) is 0 Å². The Balaban J connectivity index is 1.77. The zero-order valence-electron chi connectivity index (χ0n) is 14.7. The highest BCUT2D eigenvalue weighted by Gasteiger charge is 2.28. The highest BCUT2D eigenvalue weighted by Crippen LogP contribution is 2.23. The Labute approximate surface area is 148 Å². The molecule has 0 saturated carbocycles. The third kappa shape index (κ3) is 3.99. The van der Waals surface area contributed by atoms with Crippen LogP contribution in [0.25, 0.3) is 10.8 Å². The first-order valence-corrected chi connectivity index (χ1v) is 8.66. The largest absolute Gasteiger partial charge is 0.468 e. The summed E-state index contributed by atoms with van der Waals surface area (Å²) in [6, 6.07) is 13.8. The number of nitrogens with zero attached hydrogens (tertiary/aromatic N) is 1. The summed E-state index contributed by atoms with van der Waals surface area (Å²) in [6.45, 7) is 3.04. The van der Waals surface area contributed by atoms with Crippen molar-refractivity contribution in [1.29, 1.82) is 0 Å². The van der Waals surface area contributed by atoms with Crippen LogP contribution in [0.2, 0.25) is 0 Å². The van der Waals surface area contributed by atoms with E-state index in [1.165, 1.54) is 7.11 Å². The maximum atomic E-state index is 12.3. The molecule has 0 radical (unpaired) electrons. The summed E-state index contributed by atoms with van der Waals surface area (Å²) in [7, 11) is 1.41. The number of benzene rings is 2. The molecule has 5 heteroatoms. The van der Waals surface area contributed by atoms with Crippen LogP contribution < -0.4 is 5.32 Å². The molecule has 0 aliphatic carbocycles. The minimum atomic E-state index is -0.497. The molecular formula is C20H24N2O3. The fourth-order valence-electron chi connectivity index (χ4n) is 3.40. The van der Waals surface area contributed by atoms with Crippen molar-refractivity contribution in [2.24, 2.45) is 0 Å². The van der Waals surface area contributed by atoms with Crippen molar-refractivity contribution in [3.8, 4) is 0 Å². The summed E-state index contributed by atoms with van der Waals surface area (Å²) < 4.78 is 5.01. The van der Waals surface area contributed by atoms with Crippen LogP contribution in [-0.2, 0) is 14.3 Å². The number of carbonyl (C=O) groups is 2. The second-order valence-electron chi connectivity index (χ2n) is 6.51. The van der Waals surface area contributed by atoms with Crippen molar-refractivity contribution >= 4 is 22.6 Å². The number of piperidine rings is 1. The molecule has 2 aromatic rings. The highest BCUT2D eigenvalue weighted by molar-refractivity contribution is 5.85.